The van der Waals surface area contributed by atoms with Crippen molar-refractivity contribution in [2.45, 2.75) is 13.1 Å². The average molecular weight is 386 g/mol. The zero-order valence-corrected chi connectivity index (χ0v) is 14.4. The summed E-state index contributed by atoms with van der Waals surface area (Å²) in [6, 6.07) is 10.2. The lowest BCUT2D eigenvalue weighted by Crippen LogP contribution is -2.12. The molecule has 0 spiro atoms. The molecular weight excluding hydrogens is 373 g/mol. The van der Waals surface area contributed by atoms with E-state index < -0.39 is 12.0 Å². The molecule has 142 valence electrons. The van der Waals surface area contributed by atoms with Gasteiger partial charge in [0.2, 0.25) is 5.82 Å². The molecule has 0 aliphatic heterocycles. The molecule has 28 heavy (non-hydrogen) atoms. The Hall–Kier alpha value is -3.69. The van der Waals surface area contributed by atoms with Gasteiger partial charge in [-0.3, -0.25) is 4.79 Å². The van der Waals surface area contributed by atoms with Gasteiger partial charge in [-0.25, -0.2) is 4.52 Å². The summed E-state index contributed by atoms with van der Waals surface area (Å²) in [5.74, 6) is -1.60. The molecule has 4 aromatic rings. The van der Waals surface area contributed by atoms with Gasteiger partial charge < -0.3 is 10.3 Å². The van der Waals surface area contributed by atoms with Gasteiger partial charge in [-0.15, -0.1) is 10.2 Å². The number of carbonyl (C=O) groups is 1. The number of halogens is 3. The Morgan fingerprint density at radius 2 is 2.00 bits per heavy atom. The Labute approximate surface area is 156 Å². The van der Waals surface area contributed by atoms with Crippen LogP contribution in [0.4, 0.5) is 18.9 Å². The summed E-state index contributed by atoms with van der Waals surface area (Å²) in [6.45, 7) is 1.77. The van der Waals surface area contributed by atoms with E-state index in [-0.39, 0.29) is 11.7 Å². The van der Waals surface area contributed by atoms with Crippen LogP contribution in [0.15, 0.2) is 48.8 Å². The van der Waals surface area contributed by atoms with Gasteiger partial charge in [0.15, 0.2) is 5.82 Å². The number of nitrogens with one attached hydrogen (secondary N) is 2. The van der Waals surface area contributed by atoms with Gasteiger partial charge in [0.05, 0.1) is 17.3 Å². The third-order valence-corrected chi connectivity index (χ3v) is 4.19. The first-order valence-corrected chi connectivity index (χ1v) is 8.17. The highest BCUT2D eigenvalue weighted by Gasteiger charge is 2.35. The minimum Gasteiger partial charge on any atom is -0.322 e. The number of H-pyrrole nitrogens is 1. The highest BCUT2D eigenvalue weighted by molar-refractivity contribution is 6.09. The van der Waals surface area contributed by atoms with Crippen LogP contribution >= 0.6 is 0 Å². The molecule has 4 rings (SSSR count). The number of fused-ring (bicyclic) bond motifs is 1. The number of alkyl halides is 3. The first-order valence-electron chi connectivity index (χ1n) is 8.17. The smallest absolute Gasteiger partial charge is 0.322 e. The summed E-state index contributed by atoms with van der Waals surface area (Å²) in [6.07, 6.45) is -1.44. The van der Waals surface area contributed by atoms with E-state index in [4.69, 9.17) is 0 Å². The number of anilines is 1. The molecule has 0 saturated heterocycles. The number of amides is 1. The second-order valence-electron chi connectivity index (χ2n) is 6.09. The highest BCUT2D eigenvalue weighted by atomic mass is 19.4. The van der Waals surface area contributed by atoms with E-state index in [0.29, 0.717) is 22.3 Å². The fraction of sp³-hybridized carbons (Fsp3) is 0.111. The molecule has 0 aliphatic rings. The quantitative estimate of drug-likeness (QED) is 0.562. The lowest BCUT2D eigenvalue weighted by molar-refractivity contribution is -0.144. The molecule has 0 aliphatic carbocycles. The molecular formula is C18H13F3N6O. The second kappa shape index (κ2) is 6.48. The SMILES string of the molecule is Cc1ccc(-c2nnc(C(F)(F)F)[nH]2)cc1NC(=O)c1cnn2ccccc12. The van der Waals surface area contributed by atoms with Crippen LogP contribution in [-0.4, -0.2) is 30.7 Å². The third-order valence-electron chi connectivity index (χ3n) is 4.19. The van der Waals surface area contributed by atoms with Gasteiger partial charge >= 0.3 is 6.18 Å². The molecule has 7 nitrogen and oxygen atoms in total. The normalized spacial score (nSPS) is 11.7. The van der Waals surface area contributed by atoms with Crippen molar-refractivity contribution < 1.29 is 18.0 Å². The van der Waals surface area contributed by atoms with Crippen LogP contribution in [0.5, 0.6) is 0 Å². The van der Waals surface area contributed by atoms with Crippen molar-refractivity contribution in [2.75, 3.05) is 5.32 Å². The minimum atomic E-state index is -4.61. The minimum absolute atomic E-state index is 0.0428. The van der Waals surface area contributed by atoms with Crippen LogP contribution in [0.25, 0.3) is 16.9 Å². The van der Waals surface area contributed by atoms with E-state index in [1.807, 2.05) is 0 Å². The summed E-state index contributed by atoms with van der Waals surface area (Å²) < 4.78 is 39.7. The summed E-state index contributed by atoms with van der Waals surface area (Å²) in [4.78, 5) is 14.8. The monoisotopic (exact) mass is 386 g/mol. The van der Waals surface area contributed by atoms with Crippen LogP contribution in [-0.2, 0) is 6.18 Å². The van der Waals surface area contributed by atoms with Crippen molar-refractivity contribution in [3.05, 3.63) is 65.7 Å². The van der Waals surface area contributed by atoms with Gasteiger partial charge in [0.25, 0.3) is 5.91 Å². The zero-order valence-electron chi connectivity index (χ0n) is 14.4. The number of rotatable bonds is 3. The molecule has 0 unspecified atom stereocenters. The first kappa shape index (κ1) is 17.7. The summed E-state index contributed by atoms with van der Waals surface area (Å²) in [7, 11) is 0. The van der Waals surface area contributed by atoms with E-state index in [9.17, 15) is 18.0 Å². The van der Waals surface area contributed by atoms with Crippen molar-refractivity contribution >= 4 is 17.1 Å². The number of carbonyl (C=O) groups excluding carboxylic acids is 1. The number of pyridine rings is 1. The van der Waals surface area contributed by atoms with Crippen LogP contribution < -0.4 is 5.32 Å². The third kappa shape index (κ3) is 3.20. The molecule has 3 heterocycles. The topological polar surface area (TPSA) is 88.0 Å². The van der Waals surface area contributed by atoms with E-state index in [0.717, 1.165) is 5.56 Å². The fourth-order valence-corrected chi connectivity index (χ4v) is 2.72. The van der Waals surface area contributed by atoms with Gasteiger partial charge in [-0.05, 0) is 30.7 Å². The lowest BCUT2D eigenvalue weighted by atomic mass is 10.1. The standard InChI is InChI=1S/C18H13F3N6O/c1-10-5-6-11(15-24-17(26-25-15)18(19,20)21)8-13(10)23-16(28)12-9-22-27-7-3-2-4-14(12)27/h2-9H,1H3,(H,23,28)(H,24,25,26). The molecule has 0 radical (unpaired) electrons. The fourth-order valence-electron chi connectivity index (χ4n) is 2.72. The summed E-state index contributed by atoms with van der Waals surface area (Å²) in [5.41, 5.74) is 2.57. The van der Waals surface area contributed by atoms with Crippen molar-refractivity contribution in [1.29, 1.82) is 0 Å². The van der Waals surface area contributed by atoms with Gasteiger partial charge in [-0.1, -0.05) is 18.2 Å². The van der Waals surface area contributed by atoms with Crippen LogP contribution in [0.3, 0.4) is 0 Å². The number of hydrogen-bond acceptors (Lipinski definition) is 4. The number of nitrogens with zero attached hydrogens (tertiary/aromatic N) is 4. The number of benzene rings is 1. The van der Waals surface area contributed by atoms with Crippen LogP contribution in [0.1, 0.15) is 21.7 Å². The van der Waals surface area contributed by atoms with Crippen molar-refractivity contribution in [2.24, 2.45) is 0 Å². The molecule has 0 atom stereocenters. The molecule has 0 fully saturated rings. The number of aryl methyl sites for hydroxylation is 1. The number of hydrogen-bond donors (Lipinski definition) is 2. The van der Waals surface area contributed by atoms with Crippen molar-refractivity contribution in [3.8, 4) is 11.4 Å². The van der Waals surface area contributed by atoms with E-state index in [1.54, 1.807) is 54.0 Å². The van der Waals surface area contributed by atoms with E-state index in [2.05, 4.69) is 25.6 Å². The van der Waals surface area contributed by atoms with Gasteiger partial charge in [0.1, 0.15) is 0 Å². The van der Waals surface area contributed by atoms with Crippen molar-refractivity contribution in [3.63, 3.8) is 0 Å². The molecule has 0 bridgehead atoms. The van der Waals surface area contributed by atoms with Crippen molar-refractivity contribution in [1.82, 2.24) is 24.8 Å². The summed E-state index contributed by atoms with van der Waals surface area (Å²) >= 11 is 0. The zero-order chi connectivity index (χ0) is 19.9. The molecule has 1 aromatic carbocycles. The Balaban J connectivity index is 1.64. The largest absolute Gasteiger partial charge is 0.451 e. The molecule has 10 heteroatoms. The number of aromatic amines is 1. The lowest BCUT2D eigenvalue weighted by Gasteiger charge is -2.09. The van der Waals surface area contributed by atoms with Crippen LogP contribution in [0.2, 0.25) is 0 Å². The average Bonchev–Trinajstić information content (AvgIpc) is 3.30. The second-order valence-corrected chi connectivity index (χ2v) is 6.09. The highest BCUT2D eigenvalue weighted by Crippen LogP contribution is 2.29. The van der Waals surface area contributed by atoms with Gasteiger partial charge in [0, 0.05) is 17.4 Å². The summed E-state index contributed by atoms with van der Waals surface area (Å²) in [5, 5.41) is 13.6. The Kier molecular flexibility index (Phi) is 4.10. The Morgan fingerprint density at radius 1 is 1.18 bits per heavy atom. The maximum absolute atomic E-state index is 12.7. The molecule has 0 saturated carbocycles. The molecule has 2 N–H and O–H groups in total. The molecule has 1 amide bonds. The predicted octanol–water partition coefficient (Wildman–Crippen LogP) is 3.70. The number of aromatic nitrogens is 5. The Morgan fingerprint density at radius 3 is 2.75 bits per heavy atom. The maximum Gasteiger partial charge on any atom is 0.451 e. The van der Waals surface area contributed by atoms with E-state index in [1.165, 1.54) is 6.20 Å². The van der Waals surface area contributed by atoms with Crippen LogP contribution in [0, 0.1) is 6.92 Å². The predicted molar refractivity (Wildman–Crippen MR) is 94.7 cm³/mol. The molecule has 3 aromatic heterocycles. The Bertz CT molecular complexity index is 1180. The van der Waals surface area contributed by atoms with E-state index >= 15 is 0 Å². The van der Waals surface area contributed by atoms with Gasteiger partial charge in [-0.2, -0.15) is 18.3 Å². The maximum atomic E-state index is 12.7. The first-order chi connectivity index (χ1) is 13.3.